The van der Waals surface area contributed by atoms with Gasteiger partial charge in [0.1, 0.15) is 10.6 Å². The first-order chi connectivity index (χ1) is 12.2. The second-order valence-electron chi connectivity index (χ2n) is 5.39. The van der Waals surface area contributed by atoms with Gasteiger partial charge in [-0.15, -0.1) is 0 Å². The third-order valence-electron chi connectivity index (χ3n) is 3.65. The van der Waals surface area contributed by atoms with E-state index in [-0.39, 0.29) is 25.7 Å². The van der Waals surface area contributed by atoms with Gasteiger partial charge in [0, 0.05) is 21.3 Å². The van der Waals surface area contributed by atoms with E-state index in [1.54, 1.807) is 6.07 Å². The highest BCUT2D eigenvalue weighted by molar-refractivity contribution is 7.89. The van der Waals surface area contributed by atoms with Crippen molar-refractivity contribution in [1.82, 2.24) is 4.72 Å². The van der Waals surface area contributed by atoms with Gasteiger partial charge in [-0.05, 0) is 30.3 Å². The zero-order valence-corrected chi connectivity index (χ0v) is 15.9. The summed E-state index contributed by atoms with van der Waals surface area (Å²) in [6.45, 7) is 0. The summed E-state index contributed by atoms with van der Waals surface area (Å²) in [5.41, 5.74) is 0.452. The predicted molar refractivity (Wildman–Crippen MR) is 100 cm³/mol. The highest BCUT2D eigenvalue weighted by Crippen LogP contribution is 2.39. The second-order valence-corrected chi connectivity index (χ2v) is 8.32. The van der Waals surface area contributed by atoms with Gasteiger partial charge in [-0.25, -0.2) is 13.2 Å². The van der Waals surface area contributed by atoms with Crippen molar-refractivity contribution in [2.24, 2.45) is 0 Å². The Morgan fingerprint density at radius 1 is 1.12 bits per heavy atom. The number of hydrogen-bond acceptors (Lipinski definition) is 4. The van der Waals surface area contributed by atoms with Crippen LogP contribution in [0.2, 0.25) is 15.1 Å². The van der Waals surface area contributed by atoms with Crippen LogP contribution in [0, 0.1) is 0 Å². The number of benzene rings is 2. The smallest absolute Gasteiger partial charge is 0.352 e. The summed E-state index contributed by atoms with van der Waals surface area (Å²) in [5, 5.41) is 12.5. The van der Waals surface area contributed by atoms with Gasteiger partial charge in [-0.3, -0.25) is 0 Å². The molecule has 0 radical (unpaired) electrons. The Hall–Kier alpha value is -1.77. The van der Waals surface area contributed by atoms with E-state index in [1.807, 2.05) is 0 Å². The average molecular weight is 434 g/mol. The molecule has 1 aliphatic rings. The Morgan fingerprint density at radius 3 is 2.46 bits per heavy atom. The summed E-state index contributed by atoms with van der Waals surface area (Å²) >= 11 is 18.1. The monoisotopic (exact) mass is 432 g/mol. The van der Waals surface area contributed by atoms with Crippen LogP contribution in [0.25, 0.3) is 0 Å². The van der Waals surface area contributed by atoms with Crippen LogP contribution in [-0.2, 0) is 14.8 Å². The molecule has 0 aromatic heterocycles. The molecule has 0 bridgehead atoms. The fraction of sp³-hybridized carbons (Fsp3) is 0.0625. The number of fused-ring (bicyclic) bond motifs is 1. The maximum absolute atomic E-state index is 12.7. The molecule has 136 valence electrons. The highest BCUT2D eigenvalue weighted by Gasteiger charge is 2.30. The minimum absolute atomic E-state index is 0.0406. The molecule has 1 aliphatic heterocycles. The minimum atomic E-state index is -4.05. The van der Waals surface area contributed by atoms with Crippen molar-refractivity contribution in [2.45, 2.75) is 10.9 Å². The zero-order chi connectivity index (χ0) is 19.1. The average Bonchev–Trinajstić information content (AvgIpc) is 2.53. The SMILES string of the molecule is O=C(O)C1=CC(NS(=O)(=O)c2ccccc2Cl)c2c(Cl)cc(Cl)cc2N1. The summed E-state index contributed by atoms with van der Waals surface area (Å²) in [4.78, 5) is 11.2. The minimum Gasteiger partial charge on any atom is -0.477 e. The van der Waals surface area contributed by atoms with Gasteiger partial charge in [0.25, 0.3) is 0 Å². The van der Waals surface area contributed by atoms with Gasteiger partial charge in [0.05, 0.1) is 11.1 Å². The standard InChI is InChI=1S/C16H11Cl3N2O4S/c17-8-5-10(19)15-11(6-8)20-13(16(22)23)7-12(15)21-26(24,25)14-4-2-1-3-9(14)18/h1-7,12,20-21H,(H,22,23). The molecule has 0 spiro atoms. The topological polar surface area (TPSA) is 95.5 Å². The van der Waals surface area contributed by atoms with Gasteiger partial charge < -0.3 is 10.4 Å². The molecule has 0 saturated carbocycles. The Morgan fingerprint density at radius 2 is 1.81 bits per heavy atom. The Kier molecular flexibility index (Phi) is 5.18. The molecular formula is C16H11Cl3N2O4S. The van der Waals surface area contributed by atoms with Gasteiger partial charge >= 0.3 is 5.97 Å². The van der Waals surface area contributed by atoms with Crippen molar-refractivity contribution in [3.63, 3.8) is 0 Å². The maximum Gasteiger partial charge on any atom is 0.352 e. The van der Waals surface area contributed by atoms with Crippen LogP contribution in [0.1, 0.15) is 11.6 Å². The van der Waals surface area contributed by atoms with E-state index < -0.39 is 22.0 Å². The first-order valence-corrected chi connectivity index (χ1v) is 9.78. The third-order valence-corrected chi connectivity index (χ3v) is 6.12. The summed E-state index contributed by atoms with van der Waals surface area (Å²) in [6.07, 6.45) is 1.22. The fourth-order valence-corrected chi connectivity index (χ4v) is 4.83. The molecule has 0 aliphatic carbocycles. The van der Waals surface area contributed by atoms with Crippen molar-refractivity contribution in [3.05, 3.63) is 68.8 Å². The van der Waals surface area contributed by atoms with E-state index in [9.17, 15) is 18.3 Å². The van der Waals surface area contributed by atoms with Crippen LogP contribution >= 0.6 is 34.8 Å². The Labute approximate surface area is 164 Å². The third kappa shape index (κ3) is 3.67. The van der Waals surface area contributed by atoms with Crippen molar-refractivity contribution < 1.29 is 18.3 Å². The summed E-state index contributed by atoms with van der Waals surface area (Å²) in [6, 6.07) is 7.80. The molecule has 3 rings (SSSR count). The van der Waals surface area contributed by atoms with Gasteiger partial charge in [0.15, 0.2) is 0 Å². The number of carbonyl (C=O) groups is 1. The number of hydrogen-bond donors (Lipinski definition) is 3. The molecule has 1 atom stereocenters. The molecule has 2 aromatic rings. The van der Waals surface area contributed by atoms with Crippen molar-refractivity contribution >= 4 is 56.5 Å². The van der Waals surface area contributed by atoms with Crippen molar-refractivity contribution in [1.29, 1.82) is 0 Å². The molecule has 0 amide bonds. The highest BCUT2D eigenvalue weighted by atomic mass is 35.5. The number of sulfonamides is 1. The lowest BCUT2D eigenvalue weighted by Gasteiger charge is -2.26. The quantitative estimate of drug-likeness (QED) is 0.676. The first-order valence-electron chi connectivity index (χ1n) is 7.17. The number of carboxylic acids is 1. The summed E-state index contributed by atoms with van der Waals surface area (Å²) < 4.78 is 27.9. The predicted octanol–water partition coefficient (Wildman–Crippen LogP) is 4.06. The molecule has 3 N–H and O–H groups in total. The number of halogens is 3. The van der Waals surface area contributed by atoms with Crippen LogP contribution < -0.4 is 10.0 Å². The van der Waals surface area contributed by atoms with E-state index in [2.05, 4.69) is 10.0 Å². The van der Waals surface area contributed by atoms with E-state index in [0.717, 1.165) is 0 Å². The lowest BCUT2D eigenvalue weighted by atomic mass is 10.0. The Balaban J connectivity index is 2.09. The molecule has 0 saturated heterocycles. The molecule has 26 heavy (non-hydrogen) atoms. The number of anilines is 1. The normalized spacial score (nSPS) is 16.4. The van der Waals surface area contributed by atoms with Gasteiger partial charge in [0.2, 0.25) is 10.0 Å². The van der Waals surface area contributed by atoms with Crippen LogP contribution in [0.15, 0.2) is 53.1 Å². The molecule has 6 nitrogen and oxygen atoms in total. The Bertz CT molecular complexity index is 1040. The number of carboxylic acid groups (broad SMARTS) is 1. The first kappa shape index (κ1) is 19.0. The maximum atomic E-state index is 12.7. The van der Waals surface area contributed by atoms with E-state index >= 15 is 0 Å². The number of rotatable bonds is 4. The molecule has 2 aromatic carbocycles. The fourth-order valence-electron chi connectivity index (χ4n) is 2.55. The van der Waals surface area contributed by atoms with Gasteiger partial charge in [-0.1, -0.05) is 46.9 Å². The summed E-state index contributed by atoms with van der Waals surface area (Å²) in [7, 11) is -4.05. The lowest BCUT2D eigenvalue weighted by Crippen LogP contribution is -2.32. The summed E-state index contributed by atoms with van der Waals surface area (Å²) in [5.74, 6) is -1.26. The number of nitrogens with one attached hydrogen (secondary N) is 2. The van der Waals surface area contributed by atoms with Crippen LogP contribution in [-0.4, -0.2) is 19.5 Å². The molecular weight excluding hydrogens is 423 g/mol. The van der Waals surface area contributed by atoms with Crippen LogP contribution in [0.4, 0.5) is 5.69 Å². The zero-order valence-electron chi connectivity index (χ0n) is 12.8. The van der Waals surface area contributed by atoms with Gasteiger partial charge in [-0.2, -0.15) is 4.72 Å². The molecule has 10 heteroatoms. The van der Waals surface area contributed by atoms with Crippen LogP contribution in [0.3, 0.4) is 0 Å². The van der Waals surface area contributed by atoms with Crippen molar-refractivity contribution in [3.8, 4) is 0 Å². The number of aliphatic carboxylic acids is 1. The van der Waals surface area contributed by atoms with Crippen LogP contribution in [0.5, 0.6) is 0 Å². The van der Waals surface area contributed by atoms with E-state index in [0.29, 0.717) is 11.3 Å². The lowest BCUT2D eigenvalue weighted by molar-refractivity contribution is -0.132. The molecule has 1 heterocycles. The molecule has 0 fully saturated rings. The largest absolute Gasteiger partial charge is 0.477 e. The van der Waals surface area contributed by atoms with Crippen molar-refractivity contribution in [2.75, 3.05) is 5.32 Å². The van der Waals surface area contributed by atoms with E-state index in [1.165, 1.54) is 36.4 Å². The van der Waals surface area contributed by atoms with E-state index in [4.69, 9.17) is 34.8 Å². The second kappa shape index (κ2) is 7.09. The molecule has 1 unspecified atom stereocenters.